The average molecular weight is 143 g/mol. The minimum absolute atomic E-state index is 1.35. The van der Waals surface area contributed by atoms with Crippen molar-refractivity contribution >= 4 is 6.08 Å². The molecular formula is C11H11. The minimum atomic E-state index is 1.35. The SMILES string of the molecule is Cc1cc(C)c2c(c1)[CH]C=C2. The van der Waals surface area contributed by atoms with Crippen molar-refractivity contribution in [3.63, 3.8) is 0 Å². The number of hydrogen-bond donors (Lipinski definition) is 0. The van der Waals surface area contributed by atoms with Gasteiger partial charge in [0.1, 0.15) is 0 Å². The average Bonchev–Trinajstić information content (AvgIpc) is 2.34. The van der Waals surface area contributed by atoms with Crippen molar-refractivity contribution in [2.45, 2.75) is 13.8 Å². The van der Waals surface area contributed by atoms with Crippen LogP contribution in [0.4, 0.5) is 0 Å². The molecule has 0 saturated carbocycles. The van der Waals surface area contributed by atoms with Gasteiger partial charge in [-0.25, -0.2) is 0 Å². The summed E-state index contributed by atoms with van der Waals surface area (Å²) in [5.41, 5.74) is 5.48. The lowest BCUT2D eigenvalue weighted by molar-refractivity contribution is 1.34. The maximum atomic E-state index is 2.22. The summed E-state index contributed by atoms with van der Waals surface area (Å²) in [4.78, 5) is 0. The maximum Gasteiger partial charge on any atom is 0.0131 e. The van der Waals surface area contributed by atoms with Gasteiger partial charge in [-0.3, -0.25) is 0 Å². The van der Waals surface area contributed by atoms with E-state index < -0.39 is 0 Å². The first-order valence-corrected chi connectivity index (χ1v) is 3.90. The largest absolute Gasteiger partial charge is 0.0754 e. The fraction of sp³-hybridized carbons (Fsp3) is 0.182. The second-order valence-corrected chi connectivity index (χ2v) is 3.11. The van der Waals surface area contributed by atoms with Crippen LogP contribution in [-0.2, 0) is 0 Å². The molecule has 0 aliphatic heterocycles. The van der Waals surface area contributed by atoms with Crippen molar-refractivity contribution in [2.75, 3.05) is 0 Å². The summed E-state index contributed by atoms with van der Waals surface area (Å²) in [6, 6.07) is 4.45. The monoisotopic (exact) mass is 143 g/mol. The van der Waals surface area contributed by atoms with Gasteiger partial charge in [0.05, 0.1) is 0 Å². The summed E-state index contributed by atoms with van der Waals surface area (Å²) in [5, 5.41) is 0. The Bertz CT molecular complexity index is 319. The Morgan fingerprint density at radius 1 is 1.09 bits per heavy atom. The number of benzene rings is 1. The van der Waals surface area contributed by atoms with E-state index in [1.165, 1.54) is 22.3 Å². The van der Waals surface area contributed by atoms with Gasteiger partial charge in [0.15, 0.2) is 0 Å². The van der Waals surface area contributed by atoms with Gasteiger partial charge >= 0.3 is 0 Å². The van der Waals surface area contributed by atoms with Crippen LogP contribution in [0.5, 0.6) is 0 Å². The minimum Gasteiger partial charge on any atom is -0.0754 e. The number of rotatable bonds is 0. The number of hydrogen-bond acceptors (Lipinski definition) is 0. The Kier molecular flexibility index (Phi) is 1.35. The predicted octanol–water partition coefficient (Wildman–Crippen LogP) is 2.88. The van der Waals surface area contributed by atoms with Crippen molar-refractivity contribution < 1.29 is 0 Å². The van der Waals surface area contributed by atoms with Gasteiger partial charge in [0.25, 0.3) is 0 Å². The van der Waals surface area contributed by atoms with Crippen LogP contribution in [0.2, 0.25) is 0 Å². The molecule has 0 unspecified atom stereocenters. The molecule has 55 valence electrons. The van der Waals surface area contributed by atoms with Crippen molar-refractivity contribution in [3.8, 4) is 0 Å². The number of fused-ring (bicyclic) bond motifs is 1. The van der Waals surface area contributed by atoms with E-state index in [1.807, 2.05) is 0 Å². The van der Waals surface area contributed by atoms with E-state index in [1.54, 1.807) is 0 Å². The zero-order chi connectivity index (χ0) is 7.84. The molecule has 1 aromatic carbocycles. The molecule has 0 fully saturated rings. The topological polar surface area (TPSA) is 0 Å². The van der Waals surface area contributed by atoms with Crippen LogP contribution in [0, 0.1) is 20.3 Å². The third kappa shape index (κ3) is 0.988. The molecule has 1 radical (unpaired) electrons. The zero-order valence-corrected chi connectivity index (χ0v) is 6.89. The van der Waals surface area contributed by atoms with Crippen LogP contribution >= 0.6 is 0 Å². The molecule has 0 heterocycles. The van der Waals surface area contributed by atoms with E-state index in [-0.39, 0.29) is 0 Å². The Morgan fingerprint density at radius 2 is 1.91 bits per heavy atom. The molecule has 1 aliphatic carbocycles. The van der Waals surface area contributed by atoms with Crippen molar-refractivity contribution in [1.29, 1.82) is 0 Å². The van der Waals surface area contributed by atoms with Gasteiger partial charge < -0.3 is 0 Å². The molecular weight excluding hydrogens is 132 g/mol. The highest BCUT2D eigenvalue weighted by molar-refractivity contribution is 5.68. The second kappa shape index (κ2) is 2.23. The van der Waals surface area contributed by atoms with Crippen molar-refractivity contribution in [1.82, 2.24) is 0 Å². The Hall–Kier alpha value is -1.04. The smallest absolute Gasteiger partial charge is 0.0131 e. The van der Waals surface area contributed by atoms with Crippen LogP contribution in [0.25, 0.3) is 6.08 Å². The molecule has 1 aliphatic rings. The van der Waals surface area contributed by atoms with Gasteiger partial charge in [0.2, 0.25) is 0 Å². The summed E-state index contributed by atoms with van der Waals surface area (Å²) in [5.74, 6) is 0. The molecule has 0 aromatic heterocycles. The van der Waals surface area contributed by atoms with Crippen LogP contribution < -0.4 is 0 Å². The Balaban J connectivity index is 2.67. The molecule has 0 spiro atoms. The van der Waals surface area contributed by atoms with Gasteiger partial charge in [-0.1, -0.05) is 29.8 Å². The molecule has 0 saturated heterocycles. The predicted molar refractivity (Wildman–Crippen MR) is 48.4 cm³/mol. The number of aryl methyl sites for hydroxylation is 2. The molecule has 0 nitrogen and oxygen atoms in total. The van der Waals surface area contributed by atoms with Crippen molar-refractivity contribution in [2.24, 2.45) is 0 Å². The third-order valence-corrected chi connectivity index (χ3v) is 2.10. The highest BCUT2D eigenvalue weighted by Gasteiger charge is 2.07. The quantitative estimate of drug-likeness (QED) is 0.524. The Labute approximate surface area is 67.6 Å². The van der Waals surface area contributed by atoms with Crippen molar-refractivity contribution in [3.05, 3.63) is 46.9 Å². The van der Waals surface area contributed by atoms with Gasteiger partial charge in [-0.2, -0.15) is 0 Å². The first-order chi connectivity index (χ1) is 5.27. The Morgan fingerprint density at radius 3 is 2.73 bits per heavy atom. The lowest BCUT2D eigenvalue weighted by Gasteiger charge is -2.03. The normalized spacial score (nSPS) is 13.6. The van der Waals surface area contributed by atoms with E-state index in [0.29, 0.717) is 0 Å². The molecule has 11 heavy (non-hydrogen) atoms. The summed E-state index contributed by atoms with van der Waals surface area (Å²) < 4.78 is 0. The molecule has 0 bridgehead atoms. The number of allylic oxidation sites excluding steroid dienone is 1. The van der Waals surface area contributed by atoms with E-state index >= 15 is 0 Å². The lowest BCUT2D eigenvalue weighted by atomic mass is 10.0. The fourth-order valence-corrected chi connectivity index (χ4v) is 1.63. The lowest BCUT2D eigenvalue weighted by Crippen LogP contribution is -1.86. The van der Waals surface area contributed by atoms with E-state index in [4.69, 9.17) is 0 Å². The summed E-state index contributed by atoms with van der Waals surface area (Å²) in [6.45, 7) is 4.30. The van der Waals surface area contributed by atoms with Crippen LogP contribution in [0.15, 0.2) is 18.2 Å². The molecule has 1 aromatic rings. The molecule has 0 heteroatoms. The molecule has 0 N–H and O–H groups in total. The van der Waals surface area contributed by atoms with E-state index in [9.17, 15) is 0 Å². The van der Waals surface area contributed by atoms with Gasteiger partial charge in [-0.15, -0.1) is 0 Å². The molecule has 0 amide bonds. The summed E-state index contributed by atoms with van der Waals surface area (Å²) in [7, 11) is 0. The standard InChI is InChI=1S/C11H11/c1-8-6-9(2)11-5-3-4-10(11)7-8/h3-7H,1-2H3. The molecule has 0 atom stereocenters. The van der Waals surface area contributed by atoms with Crippen LogP contribution in [0.1, 0.15) is 22.3 Å². The fourth-order valence-electron chi connectivity index (χ4n) is 1.63. The van der Waals surface area contributed by atoms with Gasteiger partial charge in [-0.05, 0) is 30.5 Å². The second-order valence-electron chi connectivity index (χ2n) is 3.11. The summed E-state index contributed by atoms with van der Waals surface area (Å²) in [6.07, 6.45) is 6.44. The highest BCUT2D eigenvalue weighted by Crippen LogP contribution is 2.25. The van der Waals surface area contributed by atoms with Crippen LogP contribution in [-0.4, -0.2) is 0 Å². The molecule has 2 rings (SSSR count). The third-order valence-electron chi connectivity index (χ3n) is 2.10. The van der Waals surface area contributed by atoms with Gasteiger partial charge in [0, 0.05) is 6.42 Å². The van der Waals surface area contributed by atoms with E-state index in [2.05, 4.69) is 44.6 Å². The van der Waals surface area contributed by atoms with E-state index in [0.717, 1.165) is 0 Å². The maximum absolute atomic E-state index is 2.22. The first kappa shape index (κ1) is 6.66. The van der Waals surface area contributed by atoms with Crippen LogP contribution in [0.3, 0.4) is 0 Å². The summed E-state index contributed by atoms with van der Waals surface area (Å²) >= 11 is 0. The first-order valence-electron chi connectivity index (χ1n) is 3.90. The highest BCUT2D eigenvalue weighted by atomic mass is 14.1. The zero-order valence-electron chi connectivity index (χ0n) is 6.89.